The quantitative estimate of drug-likeness (QED) is 0.182. The summed E-state index contributed by atoms with van der Waals surface area (Å²) in [6.07, 6.45) is 1.91. The summed E-state index contributed by atoms with van der Waals surface area (Å²) in [6, 6.07) is 53.0. The summed E-state index contributed by atoms with van der Waals surface area (Å²) in [5.41, 5.74) is 17.1. The minimum Gasteiger partial charge on any atom is -0.507 e. The number of hydrogen-bond acceptors (Lipinski definition) is 4. The Bertz CT molecular complexity index is 3100. The monoisotopic (exact) mass is 810 g/mol. The van der Waals surface area contributed by atoms with E-state index >= 15 is 0 Å². The summed E-state index contributed by atoms with van der Waals surface area (Å²) in [5, 5.41) is 12.2. The Morgan fingerprint density at radius 1 is 0.452 bits per heavy atom. The van der Waals surface area contributed by atoms with Crippen molar-refractivity contribution in [2.45, 2.75) is 78.6 Å². The fourth-order valence-electron chi connectivity index (χ4n) is 8.35. The maximum absolute atomic E-state index is 11.1. The van der Waals surface area contributed by atoms with E-state index < -0.39 is 0 Å². The molecule has 5 aromatic carbocycles. The summed E-state index contributed by atoms with van der Waals surface area (Å²) in [7, 11) is 0. The molecule has 5 heteroatoms. The van der Waals surface area contributed by atoms with Gasteiger partial charge >= 0.3 is 0 Å². The third-order valence-electron chi connectivity index (χ3n) is 11.9. The summed E-state index contributed by atoms with van der Waals surface area (Å²) in [5.74, 6) is 0.198. The van der Waals surface area contributed by atoms with Crippen LogP contribution in [0.25, 0.3) is 83.6 Å². The van der Waals surface area contributed by atoms with Crippen LogP contribution in [0.15, 0.2) is 158 Å². The van der Waals surface area contributed by atoms with E-state index in [0.29, 0.717) is 11.3 Å². The zero-order valence-corrected chi connectivity index (χ0v) is 37.2. The van der Waals surface area contributed by atoms with Gasteiger partial charge in [0.1, 0.15) is 5.75 Å². The largest absolute Gasteiger partial charge is 0.507 e. The Balaban J connectivity index is 1.19. The minimum absolute atomic E-state index is 0.0431. The Morgan fingerprint density at radius 2 is 1.06 bits per heavy atom. The summed E-state index contributed by atoms with van der Waals surface area (Å²) in [4.78, 5) is 15.5. The highest BCUT2D eigenvalue weighted by Crippen LogP contribution is 2.41. The first-order chi connectivity index (χ1) is 29.5. The molecule has 4 heterocycles. The number of aromatic nitrogens is 4. The predicted octanol–water partition coefficient (Wildman–Crippen LogP) is 14.9. The zero-order valence-electron chi connectivity index (χ0n) is 37.2. The molecule has 0 atom stereocenters. The lowest BCUT2D eigenvalue weighted by Gasteiger charge is -2.26. The van der Waals surface area contributed by atoms with Gasteiger partial charge in [-0.05, 0) is 105 Å². The molecule has 0 spiro atoms. The Morgan fingerprint density at radius 3 is 1.76 bits per heavy atom. The molecule has 0 aliphatic carbocycles. The summed E-state index contributed by atoms with van der Waals surface area (Å²) in [6.45, 7) is 20.2. The SMILES string of the molecule is CC(C)(C)c1cc(-c2cc(-c3cccc(-c4cc(-c5cccc6c7nc(C(C)(C)C)ccc7n(-c7ccccc7)c56)ccn4)c3)nc(-c3ccccc3O)c2)cc(C(C)(C)C)c1. The van der Waals surface area contributed by atoms with Gasteiger partial charge < -0.3 is 9.67 Å². The van der Waals surface area contributed by atoms with E-state index in [4.69, 9.17) is 15.0 Å². The van der Waals surface area contributed by atoms with Gasteiger partial charge in [0, 0.05) is 50.6 Å². The van der Waals surface area contributed by atoms with Crippen molar-refractivity contribution >= 4 is 21.9 Å². The fraction of sp³-hybridized carbons (Fsp3) is 0.211. The molecule has 0 aliphatic rings. The van der Waals surface area contributed by atoms with Crippen molar-refractivity contribution in [3.05, 3.63) is 175 Å². The van der Waals surface area contributed by atoms with E-state index in [0.717, 1.165) is 78.1 Å². The lowest BCUT2D eigenvalue weighted by atomic mass is 9.79. The van der Waals surface area contributed by atoms with Crippen molar-refractivity contribution in [2.75, 3.05) is 0 Å². The number of rotatable bonds is 6. The maximum atomic E-state index is 11.1. The second-order valence-electron chi connectivity index (χ2n) is 19.6. The van der Waals surface area contributed by atoms with E-state index in [2.05, 4.69) is 194 Å². The lowest BCUT2D eigenvalue weighted by molar-refractivity contribution is 0.477. The van der Waals surface area contributed by atoms with Gasteiger partial charge in [-0.3, -0.25) is 4.98 Å². The van der Waals surface area contributed by atoms with Gasteiger partial charge in [-0.2, -0.15) is 0 Å². The fourth-order valence-corrected chi connectivity index (χ4v) is 8.35. The third kappa shape index (κ3) is 7.68. The third-order valence-corrected chi connectivity index (χ3v) is 11.9. The lowest BCUT2D eigenvalue weighted by Crippen LogP contribution is -2.16. The van der Waals surface area contributed by atoms with Gasteiger partial charge in [0.05, 0.1) is 33.6 Å². The van der Waals surface area contributed by atoms with Gasteiger partial charge in [0.15, 0.2) is 0 Å². The maximum Gasteiger partial charge on any atom is 0.124 e. The molecule has 0 fully saturated rings. The molecule has 0 saturated heterocycles. The van der Waals surface area contributed by atoms with Crippen LogP contribution in [0.2, 0.25) is 0 Å². The first-order valence-corrected chi connectivity index (χ1v) is 21.6. The number of pyridine rings is 3. The van der Waals surface area contributed by atoms with Gasteiger partial charge in [-0.15, -0.1) is 0 Å². The highest BCUT2D eigenvalue weighted by Gasteiger charge is 2.24. The average Bonchev–Trinajstić information content (AvgIpc) is 3.60. The smallest absolute Gasteiger partial charge is 0.124 e. The normalized spacial score (nSPS) is 12.3. The molecule has 0 unspecified atom stereocenters. The van der Waals surface area contributed by atoms with Crippen LogP contribution in [0.3, 0.4) is 0 Å². The standard InChI is InChI=1S/C57H54N4O/c1-55(2,3)41-30-39(31-42(35-41)56(4,5)6)40-33-48(59-49(34-40)45-21-13-14-24-51(45)62)38-18-15-17-37(29-38)47-32-36(27-28-58-47)44-22-16-23-46-53-50(25-26-52(60-53)57(7,8)9)61(54(44)46)43-19-11-10-12-20-43/h10-35,62H,1-9H3. The molecular formula is C57H54N4O. The number of benzene rings is 5. The van der Waals surface area contributed by atoms with E-state index in [1.165, 1.54) is 11.1 Å². The van der Waals surface area contributed by atoms with Crippen LogP contribution in [0.4, 0.5) is 0 Å². The molecule has 4 aromatic heterocycles. The minimum atomic E-state index is -0.0869. The van der Waals surface area contributed by atoms with E-state index in [9.17, 15) is 5.11 Å². The molecular weight excluding hydrogens is 757 g/mol. The average molecular weight is 811 g/mol. The van der Waals surface area contributed by atoms with Crippen LogP contribution in [-0.4, -0.2) is 24.6 Å². The Hall–Kier alpha value is -6.85. The second-order valence-corrected chi connectivity index (χ2v) is 19.6. The molecule has 0 bridgehead atoms. The number of hydrogen-bond donors (Lipinski definition) is 1. The molecule has 0 aliphatic heterocycles. The predicted molar refractivity (Wildman–Crippen MR) is 259 cm³/mol. The van der Waals surface area contributed by atoms with Crippen molar-refractivity contribution in [2.24, 2.45) is 0 Å². The van der Waals surface area contributed by atoms with Crippen molar-refractivity contribution in [3.63, 3.8) is 0 Å². The van der Waals surface area contributed by atoms with Crippen molar-refractivity contribution in [3.8, 4) is 67.5 Å². The molecule has 5 nitrogen and oxygen atoms in total. The van der Waals surface area contributed by atoms with Crippen molar-refractivity contribution in [1.82, 2.24) is 19.5 Å². The van der Waals surface area contributed by atoms with Crippen molar-refractivity contribution in [1.29, 1.82) is 0 Å². The van der Waals surface area contributed by atoms with Crippen LogP contribution in [0.5, 0.6) is 5.75 Å². The number of para-hydroxylation sites is 3. The van der Waals surface area contributed by atoms with Crippen LogP contribution >= 0.6 is 0 Å². The number of aromatic hydroxyl groups is 1. The van der Waals surface area contributed by atoms with Gasteiger partial charge in [-0.25, -0.2) is 9.97 Å². The summed E-state index contributed by atoms with van der Waals surface area (Å²) >= 11 is 0. The molecule has 62 heavy (non-hydrogen) atoms. The highest BCUT2D eigenvalue weighted by atomic mass is 16.3. The highest BCUT2D eigenvalue weighted by molar-refractivity contribution is 6.12. The van der Waals surface area contributed by atoms with Crippen LogP contribution in [-0.2, 0) is 16.2 Å². The number of phenols is 1. The first-order valence-electron chi connectivity index (χ1n) is 21.6. The van der Waals surface area contributed by atoms with Crippen LogP contribution < -0.4 is 0 Å². The zero-order chi connectivity index (χ0) is 43.6. The summed E-state index contributed by atoms with van der Waals surface area (Å²) < 4.78 is 2.35. The van der Waals surface area contributed by atoms with E-state index in [1.54, 1.807) is 6.07 Å². The molecule has 0 saturated carbocycles. The Kier molecular flexibility index (Phi) is 9.97. The number of fused-ring (bicyclic) bond motifs is 3. The molecule has 0 radical (unpaired) electrons. The van der Waals surface area contributed by atoms with Gasteiger partial charge in [0.2, 0.25) is 0 Å². The van der Waals surface area contributed by atoms with E-state index in [1.807, 2.05) is 24.4 Å². The molecule has 1 N–H and O–H groups in total. The topological polar surface area (TPSA) is 63.8 Å². The van der Waals surface area contributed by atoms with Gasteiger partial charge in [0.25, 0.3) is 0 Å². The molecule has 9 rings (SSSR count). The van der Waals surface area contributed by atoms with Crippen LogP contribution in [0, 0.1) is 0 Å². The molecule has 9 aromatic rings. The molecule has 308 valence electrons. The first kappa shape index (κ1) is 40.6. The van der Waals surface area contributed by atoms with Gasteiger partial charge in [-0.1, -0.05) is 147 Å². The molecule has 0 amide bonds. The number of nitrogens with zero attached hydrogens (tertiary/aromatic N) is 4. The number of phenolic OH excluding ortho intramolecular Hbond substituents is 1. The Labute approximate surface area is 365 Å². The van der Waals surface area contributed by atoms with E-state index in [-0.39, 0.29) is 22.0 Å². The van der Waals surface area contributed by atoms with Crippen LogP contribution in [0.1, 0.15) is 79.1 Å². The second kappa shape index (κ2) is 15.3. The van der Waals surface area contributed by atoms with Crippen molar-refractivity contribution < 1.29 is 5.11 Å².